The summed E-state index contributed by atoms with van der Waals surface area (Å²) < 4.78 is 5.55. The van der Waals surface area contributed by atoms with Crippen molar-refractivity contribution in [2.75, 3.05) is 55.0 Å². The predicted molar refractivity (Wildman–Crippen MR) is 146 cm³/mol. The van der Waals surface area contributed by atoms with Crippen LogP contribution in [-0.2, 0) is 4.79 Å². The number of carbonyl (C=O) groups excluding carboxylic acids is 2. The fraction of sp³-hybridized carbons (Fsp3) is 0.517. The molecule has 0 bridgehead atoms. The average molecular weight is 493 g/mol. The Bertz CT molecular complexity index is 1030. The Labute approximate surface area is 215 Å². The van der Waals surface area contributed by atoms with Gasteiger partial charge >= 0.3 is 0 Å². The lowest BCUT2D eigenvalue weighted by Gasteiger charge is -2.38. The van der Waals surface area contributed by atoms with Crippen LogP contribution in [0.2, 0.25) is 0 Å². The van der Waals surface area contributed by atoms with Crippen LogP contribution in [0.3, 0.4) is 0 Å². The van der Waals surface area contributed by atoms with Crippen LogP contribution in [0.1, 0.15) is 62.2 Å². The van der Waals surface area contributed by atoms with Crippen molar-refractivity contribution in [2.24, 2.45) is 5.92 Å². The van der Waals surface area contributed by atoms with Gasteiger partial charge in [0, 0.05) is 50.5 Å². The number of methoxy groups -OCH3 is 1. The Morgan fingerprint density at radius 2 is 1.67 bits per heavy atom. The molecule has 0 unspecified atom stereocenters. The van der Waals surface area contributed by atoms with Gasteiger partial charge in [-0.1, -0.05) is 44.7 Å². The van der Waals surface area contributed by atoms with Crippen molar-refractivity contribution in [1.29, 1.82) is 0 Å². The molecule has 36 heavy (non-hydrogen) atoms. The lowest BCUT2D eigenvalue weighted by molar-refractivity contribution is -0.116. The van der Waals surface area contributed by atoms with Crippen molar-refractivity contribution < 1.29 is 14.3 Å². The highest BCUT2D eigenvalue weighted by Gasteiger charge is 2.24. The van der Waals surface area contributed by atoms with Gasteiger partial charge in [0.15, 0.2) is 0 Å². The summed E-state index contributed by atoms with van der Waals surface area (Å²) in [6.07, 6.45) is 7.42. The summed E-state index contributed by atoms with van der Waals surface area (Å²) >= 11 is 0. The second kappa shape index (κ2) is 12.7. The van der Waals surface area contributed by atoms with E-state index in [9.17, 15) is 9.59 Å². The van der Waals surface area contributed by atoms with Crippen LogP contribution in [0.25, 0.3) is 0 Å². The second-order valence-corrected chi connectivity index (χ2v) is 9.87. The number of amides is 2. The van der Waals surface area contributed by atoms with E-state index in [-0.39, 0.29) is 11.8 Å². The third-order valence-electron chi connectivity index (χ3n) is 7.36. The van der Waals surface area contributed by atoms with Crippen molar-refractivity contribution >= 4 is 28.9 Å². The van der Waals surface area contributed by atoms with E-state index >= 15 is 0 Å². The normalized spacial score (nSPS) is 16.2. The van der Waals surface area contributed by atoms with Crippen LogP contribution in [0.5, 0.6) is 5.75 Å². The van der Waals surface area contributed by atoms with Crippen LogP contribution in [0.15, 0.2) is 42.5 Å². The molecule has 4 rings (SSSR count). The van der Waals surface area contributed by atoms with Gasteiger partial charge in [-0.15, -0.1) is 0 Å². The van der Waals surface area contributed by atoms with Gasteiger partial charge in [0.2, 0.25) is 5.91 Å². The summed E-state index contributed by atoms with van der Waals surface area (Å²) in [7, 11) is 1.70. The lowest BCUT2D eigenvalue weighted by atomic mass is 10.0. The topological polar surface area (TPSA) is 73.9 Å². The maximum Gasteiger partial charge on any atom is 0.253 e. The minimum Gasteiger partial charge on any atom is -0.495 e. The van der Waals surface area contributed by atoms with Crippen molar-refractivity contribution in [3.63, 3.8) is 0 Å². The van der Waals surface area contributed by atoms with Crippen molar-refractivity contribution in [3.05, 3.63) is 48.0 Å². The quantitative estimate of drug-likeness (QED) is 0.484. The Morgan fingerprint density at radius 3 is 2.36 bits per heavy atom. The third kappa shape index (κ3) is 6.50. The van der Waals surface area contributed by atoms with Crippen LogP contribution in [0.4, 0.5) is 17.1 Å². The zero-order valence-corrected chi connectivity index (χ0v) is 21.7. The van der Waals surface area contributed by atoms with Gasteiger partial charge in [0.25, 0.3) is 5.91 Å². The molecule has 2 N–H and O–H groups in total. The Morgan fingerprint density at radius 1 is 0.972 bits per heavy atom. The molecule has 0 atom stereocenters. The molecule has 2 aromatic rings. The number of nitrogens with zero attached hydrogens (tertiary/aromatic N) is 2. The van der Waals surface area contributed by atoms with Gasteiger partial charge in [0.05, 0.1) is 18.4 Å². The van der Waals surface area contributed by atoms with E-state index in [0.717, 1.165) is 56.1 Å². The number of benzene rings is 2. The smallest absolute Gasteiger partial charge is 0.253 e. The summed E-state index contributed by atoms with van der Waals surface area (Å²) in [5.74, 6) is 1.49. The standard InChI is InChI=1S/C29H40N4O3/c1-3-16-30-29(35)24-21-23(31-28(34)15-12-22-8-4-5-9-22)13-14-25(24)32-17-19-33(20-18-32)26-10-6-7-11-27(26)36-2/h6-7,10-11,13-14,21-22H,3-5,8-9,12,15-20H2,1-2H3,(H,30,35)(H,31,34). The minimum absolute atomic E-state index is 0.0278. The molecule has 1 aliphatic carbocycles. The van der Waals surface area contributed by atoms with Crippen LogP contribution >= 0.6 is 0 Å². The molecule has 194 valence electrons. The number of rotatable bonds is 10. The highest BCUT2D eigenvalue weighted by Crippen LogP contribution is 2.31. The van der Waals surface area contributed by atoms with Crippen molar-refractivity contribution in [1.82, 2.24) is 5.32 Å². The maximum absolute atomic E-state index is 13.1. The van der Waals surface area contributed by atoms with Crippen molar-refractivity contribution in [2.45, 2.75) is 51.9 Å². The molecule has 0 spiro atoms. The molecule has 1 saturated heterocycles. The van der Waals surface area contributed by atoms with Crippen LogP contribution in [-0.4, -0.2) is 51.6 Å². The first kappa shape index (κ1) is 25.9. The average Bonchev–Trinajstić information content (AvgIpc) is 3.44. The van der Waals surface area contributed by atoms with E-state index < -0.39 is 0 Å². The number of carbonyl (C=O) groups is 2. The highest BCUT2D eigenvalue weighted by atomic mass is 16.5. The molecule has 0 radical (unpaired) electrons. The molecule has 1 heterocycles. The van der Waals surface area contributed by atoms with Crippen LogP contribution < -0.4 is 25.2 Å². The number of anilines is 3. The van der Waals surface area contributed by atoms with E-state index in [0.29, 0.717) is 30.1 Å². The molecule has 7 heteroatoms. The molecule has 2 aliphatic rings. The highest BCUT2D eigenvalue weighted by molar-refractivity contribution is 6.02. The number of para-hydroxylation sites is 2. The van der Waals surface area contributed by atoms with Gasteiger partial charge in [-0.3, -0.25) is 9.59 Å². The first-order chi connectivity index (χ1) is 17.6. The Kier molecular flexibility index (Phi) is 9.09. The van der Waals surface area contributed by atoms with Gasteiger partial charge < -0.3 is 25.2 Å². The Balaban J connectivity index is 1.44. The lowest BCUT2D eigenvalue weighted by Crippen LogP contribution is -2.47. The molecule has 1 saturated carbocycles. The van der Waals surface area contributed by atoms with Gasteiger partial charge in [-0.25, -0.2) is 0 Å². The maximum atomic E-state index is 13.1. The molecule has 2 fully saturated rings. The van der Waals surface area contributed by atoms with E-state index in [1.165, 1.54) is 25.7 Å². The number of hydrogen-bond donors (Lipinski definition) is 2. The Hall–Kier alpha value is -3.22. The first-order valence-electron chi connectivity index (χ1n) is 13.4. The molecule has 0 aromatic heterocycles. The molecule has 1 aliphatic heterocycles. The number of nitrogens with one attached hydrogen (secondary N) is 2. The summed E-state index contributed by atoms with van der Waals surface area (Å²) in [6, 6.07) is 13.8. The number of ether oxygens (including phenoxy) is 1. The predicted octanol–water partition coefficient (Wildman–Crippen LogP) is 5.07. The van der Waals surface area contributed by atoms with Gasteiger partial charge in [-0.2, -0.15) is 0 Å². The molecule has 7 nitrogen and oxygen atoms in total. The fourth-order valence-electron chi connectivity index (χ4n) is 5.34. The SMILES string of the molecule is CCCNC(=O)c1cc(NC(=O)CCC2CCCC2)ccc1N1CCN(c2ccccc2OC)CC1. The molecule has 2 amide bonds. The largest absolute Gasteiger partial charge is 0.495 e. The molecule has 2 aromatic carbocycles. The minimum atomic E-state index is -0.0962. The zero-order chi connectivity index (χ0) is 25.3. The second-order valence-electron chi connectivity index (χ2n) is 9.87. The van der Waals surface area contributed by atoms with Crippen molar-refractivity contribution in [3.8, 4) is 5.75 Å². The number of piperazine rings is 1. The third-order valence-corrected chi connectivity index (χ3v) is 7.36. The van der Waals surface area contributed by atoms with E-state index in [4.69, 9.17) is 4.74 Å². The monoisotopic (exact) mass is 492 g/mol. The molecular formula is C29H40N4O3. The first-order valence-corrected chi connectivity index (χ1v) is 13.4. The van der Waals surface area contributed by atoms with E-state index in [2.05, 4.69) is 26.5 Å². The summed E-state index contributed by atoms with van der Waals surface area (Å²) in [5.41, 5.74) is 3.30. The van der Waals surface area contributed by atoms with Gasteiger partial charge in [-0.05, 0) is 49.1 Å². The van der Waals surface area contributed by atoms with E-state index in [1.807, 2.05) is 43.3 Å². The summed E-state index contributed by atoms with van der Waals surface area (Å²) in [6.45, 7) is 5.90. The number of hydrogen-bond acceptors (Lipinski definition) is 5. The zero-order valence-electron chi connectivity index (χ0n) is 21.7. The fourth-order valence-corrected chi connectivity index (χ4v) is 5.34. The molecular weight excluding hydrogens is 452 g/mol. The summed E-state index contributed by atoms with van der Waals surface area (Å²) in [5, 5.41) is 6.04. The van der Waals surface area contributed by atoms with E-state index in [1.54, 1.807) is 7.11 Å². The van der Waals surface area contributed by atoms with Crippen LogP contribution in [0, 0.1) is 5.92 Å². The summed E-state index contributed by atoms with van der Waals surface area (Å²) in [4.78, 5) is 30.3. The van der Waals surface area contributed by atoms with Gasteiger partial charge in [0.1, 0.15) is 5.75 Å².